The Bertz CT molecular complexity index is 307. The van der Waals surface area contributed by atoms with Gasteiger partial charge in [0, 0.05) is 27.3 Å². The molecule has 0 spiro atoms. The Hall–Kier alpha value is 0.1000. The third-order valence-corrected chi connectivity index (χ3v) is 4.77. The molecular weight excluding hydrogens is 272 g/mol. The van der Waals surface area contributed by atoms with Crippen LogP contribution >= 0.6 is 27.3 Å². The Balaban J connectivity index is 1.97. The number of thiophene rings is 1. The quantitative estimate of drug-likeness (QED) is 0.894. The van der Waals surface area contributed by atoms with Gasteiger partial charge in [-0.25, -0.2) is 0 Å². The Kier molecular flexibility index (Phi) is 4.20. The maximum atomic E-state index is 5.82. The number of nitrogens with one attached hydrogen (secondary N) is 1. The topological polar surface area (TPSA) is 38.0 Å². The SMILES string of the molecule is NCC(NC1CCCC1)c1cc(Br)cs1. The van der Waals surface area contributed by atoms with E-state index in [1.165, 1.54) is 30.6 Å². The summed E-state index contributed by atoms with van der Waals surface area (Å²) in [5.41, 5.74) is 5.82. The van der Waals surface area contributed by atoms with E-state index in [-0.39, 0.29) is 0 Å². The van der Waals surface area contributed by atoms with E-state index in [0.29, 0.717) is 18.6 Å². The molecule has 4 heteroatoms. The van der Waals surface area contributed by atoms with Crippen molar-refractivity contribution in [1.29, 1.82) is 0 Å². The number of hydrogen-bond acceptors (Lipinski definition) is 3. The summed E-state index contributed by atoms with van der Waals surface area (Å²) in [7, 11) is 0. The van der Waals surface area contributed by atoms with E-state index in [4.69, 9.17) is 5.73 Å². The van der Waals surface area contributed by atoms with Crippen molar-refractivity contribution in [2.45, 2.75) is 37.8 Å². The van der Waals surface area contributed by atoms with Gasteiger partial charge in [-0.05, 0) is 34.8 Å². The van der Waals surface area contributed by atoms with Gasteiger partial charge in [-0.1, -0.05) is 12.8 Å². The lowest BCUT2D eigenvalue weighted by Crippen LogP contribution is -2.34. The molecular formula is C11H17BrN2S. The maximum absolute atomic E-state index is 5.82. The fourth-order valence-corrected chi connectivity index (χ4v) is 3.67. The van der Waals surface area contributed by atoms with Crippen LogP contribution in [0.3, 0.4) is 0 Å². The first kappa shape index (κ1) is 11.6. The van der Waals surface area contributed by atoms with Gasteiger partial charge in [-0.15, -0.1) is 11.3 Å². The van der Waals surface area contributed by atoms with Crippen molar-refractivity contribution >= 4 is 27.3 Å². The molecule has 3 N–H and O–H groups in total. The van der Waals surface area contributed by atoms with E-state index in [9.17, 15) is 0 Å². The van der Waals surface area contributed by atoms with Crippen LogP contribution in [0.25, 0.3) is 0 Å². The summed E-state index contributed by atoms with van der Waals surface area (Å²) in [5.74, 6) is 0. The summed E-state index contributed by atoms with van der Waals surface area (Å²) in [6.07, 6.45) is 5.35. The van der Waals surface area contributed by atoms with E-state index in [0.717, 1.165) is 4.47 Å². The summed E-state index contributed by atoms with van der Waals surface area (Å²) >= 11 is 5.26. The van der Waals surface area contributed by atoms with Crippen LogP contribution in [0.5, 0.6) is 0 Å². The lowest BCUT2D eigenvalue weighted by atomic mass is 10.2. The minimum Gasteiger partial charge on any atom is -0.329 e. The van der Waals surface area contributed by atoms with Gasteiger partial charge in [0.05, 0.1) is 6.04 Å². The smallest absolute Gasteiger partial charge is 0.0541 e. The van der Waals surface area contributed by atoms with Gasteiger partial charge in [-0.3, -0.25) is 0 Å². The van der Waals surface area contributed by atoms with Gasteiger partial charge < -0.3 is 11.1 Å². The Labute approximate surface area is 103 Å². The summed E-state index contributed by atoms with van der Waals surface area (Å²) in [6, 6.07) is 3.19. The first-order chi connectivity index (χ1) is 7.29. The minimum atomic E-state index is 0.337. The van der Waals surface area contributed by atoms with E-state index in [2.05, 4.69) is 32.7 Å². The highest BCUT2D eigenvalue weighted by Crippen LogP contribution is 2.27. The van der Waals surface area contributed by atoms with Crippen molar-refractivity contribution in [1.82, 2.24) is 5.32 Å². The second-order valence-electron chi connectivity index (χ2n) is 4.10. The second-order valence-corrected chi connectivity index (χ2v) is 5.96. The average Bonchev–Trinajstić information content (AvgIpc) is 2.85. The second kappa shape index (κ2) is 5.43. The van der Waals surface area contributed by atoms with Gasteiger partial charge in [0.2, 0.25) is 0 Å². The van der Waals surface area contributed by atoms with Gasteiger partial charge in [0.25, 0.3) is 0 Å². The molecule has 15 heavy (non-hydrogen) atoms. The van der Waals surface area contributed by atoms with Crippen LogP contribution in [-0.4, -0.2) is 12.6 Å². The average molecular weight is 289 g/mol. The summed E-state index contributed by atoms with van der Waals surface area (Å²) in [6.45, 7) is 0.684. The molecule has 0 radical (unpaired) electrons. The fraction of sp³-hybridized carbons (Fsp3) is 0.636. The predicted octanol–water partition coefficient (Wildman–Crippen LogP) is 3.04. The molecule has 1 unspecified atom stereocenters. The highest BCUT2D eigenvalue weighted by molar-refractivity contribution is 9.10. The largest absolute Gasteiger partial charge is 0.329 e. The van der Waals surface area contributed by atoms with E-state index in [1.807, 2.05) is 0 Å². The predicted molar refractivity (Wildman–Crippen MR) is 69.2 cm³/mol. The first-order valence-corrected chi connectivity index (χ1v) is 7.17. The van der Waals surface area contributed by atoms with Crippen LogP contribution in [0.15, 0.2) is 15.9 Å². The van der Waals surface area contributed by atoms with Crippen LogP contribution in [-0.2, 0) is 0 Å². The molecule has 0 aromatic carbocycles. The molecule has 2 rings (SSSR count). The van der Waals surface area contributed by atoms with Crippen LogP contribution < -0.4 is 11.1 Å². The van der Waals surface area contributed by atoms with Crippen LogP contribution in [0.4, 0.5) is 0 Å². The zero-order valence-corrected chi connectivity index (χ0v) is 11.1. The molecule has 1 saturated carbocycles. The molecule has 1 fully saturated rings. The third kappa shape index (κ3) is 3.03. The molecule has 1 heterocycles. The molecule has 1 aromatic rings. The van der Waals surface area contributed by atoms with Crippen molar-refractivity contribution < 1.29 is 0 Å². The van der Waals surface area contributed by atoms with E-state index in [1.54, 1.807) is 11.3 Å². The zero-order chi connectivity index (χ0) is 10.7. The van der Waals surface area contributed by atoms with E-state index < -0.39 is 0 Å². The van der Waals surface area contributed by atoms with Gasteiger partial charge >= 0.3 is 0 Å². The lowest BCUT2D eigenvalue weighted by molar-refractivity contribution is 0.449. The molecule has 0 amide bonds. The number of halogens is 1. The number of rotatable bonds is 4. The summed E-state index contributed by atoms with van der Waals surface area (Å²) in [5, 5.41) is 5.78. The third-order valence-electron chi connectivity index (χ3n) is 2.96. The van der Waals surface area contributed by atoms with Crippen molar-refractivity contribution in [3.05, 3.63) is 20.8 Å². The normalized spacial score (nSPS) is 19.6. The van der Waals surface area contributed by atoms with Crippen LogP contribution in [0.1, 0.15) is 36.6 Å². The Morgan fingerprint density at radius 3 is 2.80 bits per heavy atom. The highest BCUT2D eigenvalue weighted by Gasteiger charge is 2.20. The molecule has 1 atom stereocenters. The van der Waals surface area contributed by atoms with Crippen molar-refractivity contribution in [3.63, 3.8) is 0 Å². The van der Waals surface area contributed by atoms with Gasteiger partial charge in [-0.2, -0.15) is 0 Å². The molecule has 0 saturated heterocycles. The molecule has 1 aliphatic carbocycles. The van der Waals surface area contributed by atoms with E-state index >= 15 is 0 Å². The zero-order valence-electron chi connectivity index (χ0n) is 8.71. The number of nitrogens with two attached hydrogens (primary N) is 1. The number of hydrogen-bond donors (Lipinski definition) is 2. The standard InChI is InChI=1S/C11H17BrN2S/c12-8-5-11(15-7-8)10(6-13)14-9-3-1-2-4-9/h5,7,9-10,14H,1-4,6,13H2. The Morgan fingerprint density at radius 2 is 2.27 bits per heavy atom. The van der Waals surface area contributed by atoms with Crippen LogP contribution in [0, 0.1) is 0 Å². The summed E-state index contributed by atoms with van der Waals surface area (Å²) < 4.78 is 1.16. The molecule has 2 nitrogen and oxygen atoms in total. The maximum Gasteiger partial charge on any atom is 0.0541 e. The Morgan fingerprint density at radius 1 is 1.53 bits per heavy atom. The van der Waals surface area contributed by atoms with Gasteiger partial charge in [0.1, 0.15) is 0 Å². The molecule has 0 bridgehead atoms. The molecule has 1 aromatic heterocycles. The first-order valence-electron chi connectivity index (χ1n) is 5.49. The van der Waals surface area contributed by atoms with Crippen LogP contribution in [0.2, 0.25) is 0 Å². The van der Waals surface area contributed by atoms with Gasteiger partial charge in [0.15, 0.2) is 0 Å². The summed E-state index contributed by atoms with van der Waals surface area (Å²) in [4.78, 5) is 1.34. The monoisotopic (exact) mass is 288 g/mol. The molecule has 1 aliphatic rings. The minimum absolute atomic E-state index is 0.337. The van der Waals surface area contributed by atoms with Crippen molar-refractivity contribution in [2.24, 2.45) is 5.73 Å². The fourth-order valence-electron chi connectivity index (χ4n) is 2.15. The lowest BCUT2D eigenvalue weighted by Gasteiger charge is -2.20. The highest BCUT2D eigenvalue weighted by atomic mass is 79.9. The van der Waals surface area contributed by atoms with Crippen molar-refractivity contribution in [2.75, 3.05) is 6.54 Å². The van der Waals surface area contributed by atoms with Crippen molar-refractivity contribution in [3.8, 4) is 0 Å². The molecule has 84 valence electrons. The molecule has 0 aliphatic heterocycles.